The number of rotatable bonds is 6. The Hall–Kier alpha value is -3.66. The van der Waals surface area contributed by atoms with Gasteiger partial charge in [0.05, 0.1) is 31.0 Å². The molecule has 180 valence electrons. The molecule has 1 saturated heterocycles. The fraction of sp³-hybridized carbons (Fsp3) is 0.417. The molecule has 0 aliphatic carbocycles. The van der Waals surface area contributed by atoms with Gasteiger partial charge in [-0.15, -0.1) is 0 Å². The summed E-state index contributed by atoms with van der Waals surface area (Å²) >= 11 is 0. The van der Waals surface area contributed by atoms with Crippen LogP contribution in [0.25, 0.3) is 5.52 Å². The van der Waals surface area contributed by atoms with Crippen molar-refractivity contribution in [2.75, 3.05) is 12.3 Å². The van der Waals surface area contributed by atoms with E-state index in [-0.39, 0.29) is 23.7 Å². The van der Waals surface area contributed by atoms with Crippen molar-refractivity contribution in [1.29, 1.82) is 5.41 Å². The van der Waals surface area contributed by atoms with E-state index in [1.807, 2.05) is 51.1 Å². The highest BCUT2D eigenvalue weighted by Gasteiger charge is 2.42. The Kier molecular flexibility index (Phi) is 6.43. The van der Waals surface area contributed by atoms with E-state index in [1.165, 1.54) is 6.33 Å². The van der Waals surface area contributed by atoms with Crippen LogP contribution in [0.3, 0.4) is 0 Å². The minimum atomic E-state index is -0.655. The lowest BCUT2D eigenvalue weighted by molar-refractivity contribution is -0.000738. The maximum atomic E-state index is 13.3. The lowest BCUT2D eigenvalue weighted by atomic mass is 10.1. The maximum absolute atomic E-state index is 13.3. The Morgan fingerprint density at radius 1 is 1.24 bits per heavy atom. The smallest absolute Gasteiger partial charge is 0.411 e. The molecule has 5 N–H and O–H groups in total. The van der Waals surface area contributed by atoms with Gasteiger partial charge in [0.25, 0.3) is 0 Å². The number of nitrogens with zero attached hydrogens (tertiary/aromatic N) is 4. The first-order chi connectivity index (χ1) is 16.2. The van der Waals surface area contributed by atoms with Crippen LogP contribution in [0, 0.1) is 5.41 Å². The second kappa shape index (κ2) is 9.30. The van der Waals surface area contributed by atoms with Crippen molar-refractivity contribution in [3.05, 3.63) is 59.5 Å². The van der Waals surface area contributed by atoms with Crippen molar-refractivity contribution < 1.29 is 14.3 Å². The van der Waals surface area contributed by atoms with Crippen LogP contribution in [-0.4, -0.2) is 49.7 Å². The molecule has 1 aliphatic heterocycles. The molecule has 0 unspecified atom stereocenters. The molecule has 3 aromatic rings. The molecule has 2 aromatic heterocycles. The summed E-state index contributed by atoms with van der Waals surface area (Å²) in [5, 5.41) is 12.3. The van der Waals surface area contributed by atoms with Gasteiger partial charge < -0.3 is 20.9 Å². The first kappa shape index (κ1) is 23.5. The van der Waals surface area contributed by atoms with Gasteiger partial charge in [0.15, 0.2) is 5.82 Å². The van der Waals surface area contributed by atoms with E-state index >= 15 is 0 Å². The van der Waals surface area contributed by atoms with Crippen molar-refractivity contribution in [3.63, 3.8) is 0 Å². The molecule has 0 bridgehead atoms. The van der Waals surface area contributed by atoms with E-state index in [0.717, 1.165) is 12.0 Å². The van der Waals surface area contributed by atoms with Crippen molar-refractivity contribution in [1.82, 2.24) is 19.5 Å². The standard InChI is InChI=1S/C24H31N7O3/c1-24(2,3)34-23(32)30-16(13-33-12-15-7-5-4-6-8-15)9-10-18(30)19-11-17(21(25)26)20-22(27)28-14-29-31(19)20/h4-8,11,14,16,18H,9-10,12-13H2,1-3H3,(H3,25,26)(H2,27,28,29)/t16-,18+/m0/s1. The van der Waals surface area contributed by atoms with Crippen LogP contribution in [0.15, 0.2) is 42.7 Å². The highest BCUT2D eigenvalue weighted by atomic mass is 16.6. The Balaban J connectivity index is 1.65. The van der Waals surface area contributed by atoms with Crippen molar-refractivity contribution in [2.24, 2.45) is 5.73 Å². The molecular formula is C24H31N7O3. The van der Waals surface area contributed by atoms with Gasteiger partial charge in [-0.3, -0.25) is 10.3 Å². The molecule has 1 aliphatic rings. The average molecular weight is 466 g/mol. The summed E-state index contributed by atoms with van der Waals surface area (Å²) in [7, 11) is 0. The van der Waals surface area contributed by atoms with E-state index in [1.54, 1.807) is 15.5 Å². The first-order valence-corrected chi connectivity index (χ1v) is 11.2. The van der Waals surface area contributed by atoms with Gasteiger partial charge >= 0.3 is 6.09 Å². The summed E-state index contributed by atoms with van der Waals surface area (Å²) in [6, 6.07) is 11.1. The molecule has 1 amide bonds. The van der Waals surface area contributed by atoms with Crippen LogP contribution < -0.4 is 11.5 Å². The van der Waals surface area contributed by atoms with Gasteiger partial charge in [-0.25, -0.2) is 14.3 Å². The topological polar surface area (TPSA) is 145 Å². The molecule has 34 heavy (non-hydrogen) atoms. The number of hydrogen-bond acceptors (Lipinski definition) is 7. The minimum absolute atomic E-state index is 0.144. The van der Waals surface area contributed by atoms with Gasteiger partial charge in [0.2, 0.25) is 0 Å². The number of ether oxygens (including phenoxy) is 2. The number of carbonyl (C=O) groups excluding carboxylic acids is 1. The number of nitrogens with two attached hydrogens (primary N) is 2. The van der Waals surface area contributed by atoms with Crippen molar-refractivity contribution in [2.45, 2.75) is 57.9 Å². The monoisotopic (exact) mass is 465 g/mol. The molecule has 0 saturated carbocycles. The number of nitrogen functional groups attached to an aromatic ring is 2. The van der Waals surface area contributed by atoms with Gasteiger partial charge in [-0.2, -0.15) is 5.10 Å². The van der Waals surface area contributed by atoms with E-state index in [2.05, 4.69) is 10.1 Å². The van der Waals surface area contributed by atoms with Gasteiger partial charge in [0.1, 0.15) is 23.3 Å². The summed E-state index contributed by atoms with van der Waals surface area (Å²) in [5.41, 5.74) is 13.9. The second-order valence-electron chi connectivity index (χ2n) is 9.44. The number of anilines is 1. The minimum Gasteiger partial charge on any atom is -0.444 e. The largest absolute Gasteiger partial charge is 0.444 e. The number of benzene rings is 1. The van der Waals surface area contributed by atoms with Gasteiger partial charge in [-0.1, -0.05) is 30.3 Å². The average Bonchev–Trinajstić information content (AvgIpc) is 3.36. The number of hydrogen-bond donors (Lipinski definition) is 3. The Bertz CT molecular complexity index is 1190. The van der Waals surface area contributed by atoms with Crippen molar-refractivity contribution >= 4 is 23.3 Å². The lowest BCUT2D eigenvalue weighted by Gasteiger charge is -2.32. The highest BCUT2D eigenvalue weighted by molar-refractivity contribution is 6.04. The van der Waals surface area contributed by atoms with Crippen LogP contribution in [0.5, 0.6) is 0 Å². The molecule has 4 rings (SSSR count). The van der Waals surface area contributed by atoms with Crippen LogP contribution in [-0.2, 0) is 16.1 Å². The molecule has 0 radical (unpaired) electrons. The summed E-state index contributed by atoms with van der Waals surface area (Å²) in [5.74, 6) is 0.0748. The molecule has 10 heteroatoms. The van der Waals surface area contributed by atoms with Crippen LogP contribution in [0.4, 0.5) is 10.6 Å². The summed E-state index contributed by atoms with van der Waals surface area (Å²) in [6.45, 7) is 6.34. The number of likely N-dealkylation sites (tertiary alicyclic amines) is 1. The molecule has 1 aromatic carbocycles. The van der Waals surface area contributed by atoms with Gasteiger partial charge in [-0.05, 0) is 45.2 Å². The third-order valence-electron chi connectivity index (χ3n) is 5.77. The molecule has 0 spiro atoms. The lowest BCUT2D eigenvalue weighted by Crippen LogP contribution is -2.43. The van der Waals surface area contributed by atoms with Crippen LogP contribution in [0.2, 0.25) is 0 Å². The zero-order valence-electron chi connectivity index (χ0n) is 19.7. The third kappa shape index (κ3) is 4.81. The fourth-order valence-electron chi connectivity index (χ4n) is 4.35. The Labute approximate surface area is 198 Å². The van der Waals surface area contributed by atoms with E-state index in [4.69, 9.17) is 26.4 Å². The number of amidine groups is 1. The zero-order valence-corrected chi connectivity index (χ0v) is 19.7. The van der Waals surface area contributed by atoms with E-state index in [9.17, 15) is 4.79 Å². The molecule has 1 fully saturated rings. The highest BCUT2D eigenvalue weighted by Crippen LogP contribution is 2.39. The Morgan fingerprint density at radius 3 is 2.65 bits per heavy atom. The number of aromatic nitrogens is 3. The third-order valence-corrected chi connectivity index (χ3v) is 5.77. The van der Waals surface area contributed by atoms with Crippen molar-refractivity contribution in [3.8, 4) is 0 Å². The number of nitrogens with one attached hydrogen (secondary N) is 1. The van der Waals surface area contributed by atoms with Crippen LogP contribution >= 0.6 is 0 Å². The molecule has 2 atom stereocenters. The second-order valence-corrected chi connectivity index (χ2v) is 9.44. The SMILES string of the molecule is CC(C)(C)OC(=O)N1[C@H](COCc2ccccc2)CC[C@@H]1c1cc(C(=N)N)c2c(N)ncnn12. The summed E-state index contributed by atoms with van der Waals surface area (Å²) in [4.78, 5) is 19.1. The quantitative estimate of drug-likeness (QED) is 0.374. The molecule has 10 nitrogen and oxygen atoms in total. The zero-order chi connectivity index (χ0) is 24.5. The van der Waals surface area contributed by atoms with E-state index in [0.29, 0.717) is 36.4 Å². The van der Waals surface area contributed by atoms with E-state index < -0.39 is 11.7 Å². The predicted octanol–water partition coefficient (Wildman–Crippen LogP) is 3.25. The normalized spacial score (nSPS) is 18.4. The maximum Gasteiger partial charge on any atom is 0.411 e. The fourth-order valence-corrected chi connectivity index (χ4v) is 4.35. The van der Waals surface area contributed by atoms with Crippen LogP contribution in [0.1, 0.15) is 56.5 Å². The summed E-state index contributed by atoms with van der Waals surface area (Å²) < 4.78 is 13.4. The number of carbonyl (C=O) groups is 1. The summed E-state index contributed by atoms with van der Waals surface area (Å²) in [6.07, 6.45) is 2.32. The predicted molar refractivity (Wildman–Crippen MR) is 128 cm³/mol. The molecule has 3 heterocycles. The Morgan fingerprint density at radius 2 is 1.97 bits per heavy atom. The van der Waals surface area contributed by atoms with Gasteiger partial charge in [0, 0.05) is 5.56 Å². The first-order valence-electron chi connectivity index (χ1n) is 11.2. The number of fused-ring (bicyclic) bond motifs is 1. The number of amides is 1. The molecular weight excluding hydrogens is 434 g/mol.